The molecule has 1 atom stereocenters. The van der Waals surface area contributed by atoms with Gasteiger partial charge in [-0.3, -0.25) is 4.90 Å². The van der Waals surface area contributed by atoms with E-state index in [1.54, 1.807) is 6.26 Å². The number of rotatable bonds is 4. The lowest BCUT2D eigenvalue weighted by molar-refractivity contribution is 0.204. The standard InChI is InChI=1S/C19H21N3O2/c1-13-5-7-15(8-6-13)19-20-16(12-23-19)11-22-9-3-4-17(22)18-10-14(2)21-24-18/h5-8,10,12,17H,3-4,9,11H2,1-2H3/t17-/m0/s1. The molecule has 1 aromatic carbocycles. The summed E-state index contributed by atoms with van der Waals surface area (Å²) in [7, 11) is 0. The van der Waals surface area contributed by atoms with Crippen molar-refractivity contribution in [1.29, 1.82) is 0 Å². The summed E-state index contributed by atoms with van der Waals surface area (Å²) in [5.74, 6) is 1.63. The monoisotopic (exact) mass is 323 g/mol. The lowest BCUT2D eigenvalue weighted by Crippen LogP contribution is -2.22. The quantitative estimate of drug-likeness (QED) is 0.717. The normalized spacial score (nSPS) is 18.3. The van der Waals surface area contributed by atoms with Gasteiger partial charge in [0.25, 0.3) is 0 Å². The summed E-state index contributed by atoms with van der Waals surface area (Å²) in [5, 5.41) is 4.02. The highest BCUT2D eigenvalue weighted by Crippen LogP contribution is 2.33. The zero-order valence-corrected chi connectivity index (χ0v) is 14.0. The molecule has 0 radical (unpaired) electrons. The van der Waals surface area contributed by atoms with Crippen molar-refractivity contribution in [1.82, 2.24) is 15.0 Å². The molecule has 1 saturated heterocycles. The van der Waals surface area contributed by atoms with Crippen molar-refractivity contribution in [2.45, 2.75) is 39.3 Å². The third-order valence-corrected chi connectivity index (χ3v) is 4.55. The second kappa shape index (κ2) is 6.24. The van der Waals surface area contributed by atoms with Crippen LogP contribution in [0, 0.1) is 13.8 Å². The first-order chi connectivity index (χ1) is 11.7. The Balaban J connectivity index is 1.50. The van der Waals surface area contributed by atoms with Crippen molar-refractivity contribution in [3.8, 4) is 11.5 Å². The summed E-state index contributed by atoms with van der Waals surface area (Å²) >= 11 is 0. The van der Waals surface area contributed by atoms with Crippen LogP contribution in [0.4, 0.5) is 0 Å². The van der Waals surface area contributed by atoms with Crippen LogP contribution in [0.15, 0.2) is 45.5 Å². The molecule has 1 aliphatic rings. The lowest BCUT2D eigenvalue weighted by atomic mass is 10.1. The maximum atomic E-state index is 5.67. The minimum atomic E-state index is 0.283. The van der Waals surface area contributed by atoms with E-state index >= 15 is 0 Å². The Hall–Kier alpha value is -2.40. The fourth-order valence-electron chi connectivity index (χ4n) is 3.29. The Morgan fingerprint density at radius 1 is 1.21 bits per heavy atom. The predicted molar refractivity (Wildman–Crippen MR) is 90.3 cm³/mol. The Morgan fingerprint density at radius 2 is 2.04 bits per heavy atom. The fraction of sp³-hybridized carbons (Fsp3) is 0.368. The number of benzene rings is 1. The molecule has 0 amide bonds. The van der Waals surface area contributed by atoms with Crippen LogP contribution in [-0.4, -0.2) is 21.6 Å². The van der Waals surface area contributed by atoms with E-state index < -0.39 is 0 Å². The molecule has 1 aliphatic heterocycles. The molecule has 3 aromatic rings. The first kappa shape index (κ1) is 15.1. The van der Waals surface area contributed by atoms with Gasteiger partial charge < -0.3 is 8.94 Å². The van der Waals surface area contributed by atoms with Crippen LogP contribution in [0.25, 0.3) is 11.5 Å². The Kier molecular flexibility index (Phi) is 3.94. The molecule has 5 heteroatoms. The topological polar surface area (TPSA) is 55.3 Å². The zero-order chi connectivity index (χ0) is 16.5. The molecule has 0 spiro atoms. The van der Waals surface area contributed by atoms with E-state index in [1.807, 2.05) is 25.1 Å². The first-order valence-electron chi connectivity index (χ1n) is 8.38. The van der Waals surface area contributed by atoms with E-state index in [-0.39, 0.29) is 6.04 Å². The molecule has 1 fully saturated rings. The second-order valence-electron chi connectivity index (χ2n) is 6.51. The van der Waals surface area contributed by atoms with Crippen LogP contribution < -0.4 is 0 Å². The van der Waals surface area contributed by atoms with Gasteiger partial charge in [-0.2, -0.15) is 0 Å². The summed E-state index contributed by atoms with van der Waals surface area (Å²) in [5.41, 5.74) is 4.12. The second-order valence-corrected chi connectivity index (χ2v) is 6.51. The van der Waals surface area contributed by atoms with Crippen LogP contribution in [0.5, 0.6) is 0 Å². The van der Waals surface area contributed by atoms with Crippen molar-refractivity contribution in [2.24, 2.45) is 0 Å². The third kappa shape index (κ3) is 2.99. The number of oxazole rings is 1. The highest BCUT2D eigenvalue weighted by Gasteiger charge is 2.29. The summed E-state index contributed by atoms with van der Waals surface area (Å²) in [6, 6.07) is 10.5. The maximum absolute atomic E-state index is 5.67. The number of nitrogens with zero attached hydrogens (tertiary/aromatic N) is 3. The van der Waals surface area contributed by atoms with Crippen LogP contribution in [0.1, 0.15) is 41.6 Å². The molecule has 0 bridgehead atoms. The van der Waals surface area contributed by atoms with Crippen molar-refractivity contribution < 1.29 is 8.94 Å². The molecule has 3 heterocycles. The van der Waals surface area contributed by atoms with Gasteiger partial charge in [0.2, 0.25) is 5.89 Å². The van der Waals surface area contributed by atoms with Gasteiger partial charge in [0, 0.05) is 18.2 Å². The molecule has 4 rings (SSSR count). The van der Waals surface area contributed by atoms with Crippen LogP contribution >= 0.6 is 0 Å². The minimum absolute atomic E-state index is 0.283. The molecule has 0 N–H and O–H groups in total. The lowest BCUT2D eigenvalue weighted by Gasteiger charge is -2.20. The smallest absolute Gasteiger partial charge is 0.226 e. The van der Waals surface area contributed by atoms with Crippen LogP contribution in [0.3, 0.4) is 0 Å². The van der Waals surface area contributed by atoms with E-state index in [2.05, 4.69) is 34.1 Å². The Bertz CT molecular complexity index is 819. The van der Waals surface area contributed by atoms with Gasteiger partial charge >= 0.3 is 0 Å². The van der Waals surface area contributed by atoms with Crippen molar-refractivity contribution in [2.75, 3.05) is 6.54 Å². The van der Waals surface area contributed by atoms with Gasteiger partial charge in [0.15, 0.2) is 5.76 Å². The largest absolute Gasteiger partial charge is 0.444 e. The molecular weight excluding hydrogens is 302 g/mol. The van der Waals surface area contributed by atoms with Gasteiger partial charge in [0.1, 0.15) is 6.26 Å². The van der Waals surface area contributed by atoms with E-state index in [0.717, 1.165) is 48.6 Å². The molecule has 0 unspecified atom stereocenters. The summed E-state index contributed by atoms with van der Waals surface area (Å²) in [6.45, 7) is 5.83. The van der Waals surface area contributed by atoms with Gasteiger partial charge in [-0.15, -0.1) is 0 Å². The Morgan fingerprint density at radius 3 is 2.79 bits per heavy atom. The molecule has 2 aromatic heterocycles. The fourth-order valence-corrected chi connectivity index (χ4v) is 3.29. The van der Waals surface area contributed by atoms with Crippen molar-refractivity contribution in [3.05, 3.63) is 59.3 Å². The predicted octanol–water partition coefficient (Wildman–Crippen LogP) is 4.28. The Labute approximate surface area is 141 Å². The summed E-state index contributed by atoms with van der Waals surface area (Å²) in [6.07, 6.45) is 4.01. The highest BCUT2D eigenvalue weighted by molar-refractivity contribution is 5.53. The molecule has 124 valence electrons. The summed E-state index contributed by atoms with van der Waals surface area (Å²) < 4.78 is 11.1. The van der Waals surface area contributed by atoms with Gasteiger partial charge in [-0.1, -0.05) is 22.9 Å². The average molecular weight is 323 g/mol. The molecule has 5 nitrogen and oxygen atoms in total. The van der Waals surface area contributed by atoms with Crippen LogP contribution in [0.2, 0.25) is 0 Å². The first-order valence-corrected chi connectivity index (χ1v) is 8.38. The van der Waals surface area contributed by atoms with Crippen molar-refractivity contribution >= 4 is 0 Å². The van der Waals surface area contributed by atoms with E-state index in [0.29, 0.717) is 5.89 Å². The van der Waals surface area contributed by atoms with Crippen LogP contribution in [-0.2, 0) is 6.54 Å². The number of hydrogen-bond donors (Lipinski definition) is 0. The van der Waals surface area contributed by atoms with Gasteiger partial charge in [-0.05, 0) is 45.4 Å². The van der Waals surface area contributed by atoms with E-state index in [4.69, 9.17) is 8.94 Å². The number of likely N-dealkylation sites (tertiary alicyclic amines) is 1. The van der Waals surface area contributed by atoms with E-state index in [1.165, 1.54) is 5.56 Å². The minimum Gasteiger partial charge on any atom is -0.444 e. The SMILES string of the molecule is Cc1ccc(-c2nc(CN3CCC[C@H]3c3cc(C)no3)co2)cc1. The van der Waals surface area contributed by atoms with E-state index in [9.17, 15) is 0 Å². The summed E-state index contributed by atoms with van der Waals surface area (Å²) in [4.78, 5) is 7.04. The molecule has 24 heavy (non-hydrogen) atoms. The number of hydrogen-bond acceptors (Lipinski definition) is 5. The van der Waals surface area contributed by atoms with Gasteiger partial charge in [0.05, 0.1) is 17.4 Å². The van der Waals surface area contributed by atoms with Gasteiger partial charge in [-0.25, -0.2) is 4.98 Å². The average Bonchev–Trinajstić information content (AvgIpc) is 3.30. The third-order valence-electron chi connectivity index (χ3n) is 4.55. The molecular formula is C19H21N3O2. The number of aryl methyl sites for hydroxylation is 2. The molecule has 0 saturated carbocycles. The maximum Gasteiger partial charge on any atom is 0.226 e. The number of aromatic nitrogens is 2. The highest BCUT2D eigenvalue weighted by atomic mass is 16.5. The zero-order valence-electron chi connectivity index (χ0n) is 14.0. The van der Waals surface area contributed by atoms with Crippen molar-refractivity contribution in [3.63, 3.8) is 0 Å². The molecule has 0 aliphatic carbocycles.